The summed E-state index contributed by atoms with van der Waals surface area (Å²) in [5, 5.41) is 4.10. The van der Waals surface area contributed by atoms with Crippen molar-refractivity contribution in [2.24, 2.45) is 5.16 Å². The SMILES string of the molecule is C#CCO/N=C(\Cn1ccnc1)c1ccc(Br)cc1. The smallest absolute Gasteiger partial charge is 0.177 e. The molecule has 0 spiro atoms. The van der Waals surface area contributed by atoms with E-state index in [9.17, 15) is 0 Å². The zero-order valence-corrected chi connectivity index (χ0v) is 11.7. The average molecular weight is 318 g/mol. The van der Waals surface area contributed by atoms with Gasteiger partial charge in [-0.25, -0.2) is 4.98 Å². The first-order chi connectivity index (χ1) is 9.29. The number of rotatable bonds is 5. The van der Waals surface area contributed by atoms with E-state index in [0.29, 0.717) is 6.54 Å². The number of benzene rings is 1. The van der Waals surface area contributed by atoms with Gasteiger partial charge in [0.25, 0.3) is 0 Å². The Hall–Kier alpha value is -2.06. The van der Waals surface area contributed by atoms with Crippen LogP contribution < -0.4 is 0 Å². The molecule has 0 bridgehead atoms. The van der Waals surface area contributed by atoms with Crippen LogP contribution in [0.25, 0.3) is 0 Å². The number of hydrogen-bond acceptors (Lipinski definition) is 3. The topological polar surface area (TPSA) is 39.4 Å². The molecule has 0 amide bonds. The van der Waals surface area contributed by atoms with Crippen LogP contribution in [0.15, 0.2) is 52.6 Å². The van der Waals surface area contributed by atoms with E-state index in [-0.39, 0.29) is 6.61 Å². The van der Waals surface area contributed by atoms with Crippen LogP contribution in [0.3, 0.4) is 0 Å². The maximum atomic E-state index is 5.14. The minimum atomic E-state index is 0.157. The van der Waals surface area contributed by atoms with Gasteiger partial charge >= 0.3 is 0 Å². The zero-order valence-electron chi connectivity index (χ0n) is 10.2. The minimum absolute atomic E-state index is 0.157. The van der Waals surface area contributed by atoms with Crippen molar-refractivity contribution in [2.45, 2.75) is 6.54 Å². The highest BCUT2D eigenvalue weighted by Crippen LogP contribution is 2.12. The van der Waals surface area contributed by atoms with Crippen molar-refractivity contribution in [1.29, 1.82) is 0 Å². The van der Waals surface area contributed by atoms with E-state index in [4.69, 9.17) is 11.3 Å². The monoisotopic (exact) mass is 317 g/mol. The highest BCUT2D eigenvalue weighted by Gasteiger charge is 2.05. The predicted octanol–water partition coefficient (Wildman–Crippen LogP) is 2.70. The molecule has 4 nitrogen and oxygen atoms in total. The Bertz CT molecular complexity index is 582. The molecule has 5 heteroatoms. The van der Waals surface area contributed by atoms with Crippen molar-refractivity contribution in [2.75, 3.05) is 6.61 Å². The van der Waals surface area contributed by atoms with Crippen LogP contribution in [0.2, 0.25) is 0 Å². The molecule has 2 aromatic rings. The lowest BCUT2D eigenvalue weighted by molar-refractivity contribution is 0.179. The van der Waals surface area contributed by atoms with Crippen LogP contribution in [-0.4, -0.2) is 21.9 Å². The van der Waals surface area contributed by atoms with Crippen LogP contribution in [0, 0.1) is 12.3 Å². The van der Waals surface area contributed by atoms with Crippen LogP contribution >= 0.6 is 15.9 Å². The van der Waals surface area contributed by atoms with Crippen LogP contribution in [0.4, 0.5) is 0 Å². The Morgan fingerprint density at radius 2 is 2.21 bits per heavy atom. The summed E-state index contributed by atoms with van der Waals surface area (Å²) in [6, 6.07) is 7.86. The van der Waals surface area contributed by atoms with Gasteiger partial charge in [0.05, 0.1) is 12.9 Å². The van der Waals surface area contributed by atoms with E-state index in [1.807, 2.05) is 35.0 Å². The molecule has 1 heterocycles. The summed E-state index contributed by atoms with van der Waals surface area (Å²) in [5.74, 6) is 2.39. The normalized spacial score (nSPS) is 11.1. The fourth-order valence-electron chi connectivity index (χ4n) is 1.52. The summed E-state index contributed by atoms with van der Waals surface area (Å²) in [6.07, 6.45) is 10.5. The lowest BCUT2D eigenvalue weighted by atomic mass is 10.1. The fraction of sp³-hybridized carbons (Fsp3) is 0.143. The Labute approximate surface area is 120 Å². The minimum Gasteiger partial charge on any atom is -0.382 e. The molecule has 96 valence electrons. The third kappa shape index (κ3) is 3.97. The van der Waals surface area contributed by atoms with E-state index in [2.05, 4.69) is 32.0 Å². The molecule has 0 aliphatic carbocycles. The van der Waals surface area contributed by atoms with Gasteiger partial charge in [0.1, 0.15) is 5.71 Å². The number of nitrogens with zero attached hydrogens (tertiary/aromatic N) is 3. The predicted molar refractivity (Wildman–Crippen MR) is 77.7 cm³/mol. The molecule has 0 N–H and O–H groups in total. The second-order valence-corrected chi connectivity index (χ2v) is 4.67. The van der Waals surface area contributed by atoms with Gasteiger partial charge in [-0.3, -0.25) is 0 Å². The molecule has 0 radical (unpaired) electrons. The summed E-state index contributed by atoms with van der Waals surface area (Å²) in [4.78, 5) is 9.09. The molecule has 0 saturated carbocycles. The van der Waals surface area contributed by atoms with E-state index in [1.165, 1.54) is 0 Å². The fourth-order valence-corrected chi connectivity index (χ4v) is 1.78. The quantitative estimate of drug-likeness (QED) is 0.368. The molecule has 0 aliphatic heterocycles. The van der Waals surface area contributed by atoms with Crippen LogP contribution in [0.1, 0.15) is 5.56 Å². The Kier molecular flexibility index (Phi) is 4.76. The van der Waals surface area contributed by atoms with Crippen molar-refractivity contribution in [3.8, 4) is 12.3 Å². The van der Waals surface area contributed by atoms with Gasteiger partial charge in [0.2, 0.25) is 0 Å². The number of terminal acetylenes is 1. The van der Waals surface area contributed by atoms with Crippen molar-refractivity contribution in [1.82, 2.24) is 9.55 Å². The van der Waals surface area contributed by atoms with Crippen LogP contribution in [0.5, 0.6) is 0 Å². The number of aromatic nitrogens is 2. The first-order valence-corrected chi connectivity index (χ1v) is 6.43. The molecule has 0 saturated heterocycles. The second kappa shape index (κ2) is 6.76. The Morgan fingerprint density at radius 1 is 1.42 bits per heavy atom. The second-order valence-electron chi connectivity index (χ2n) is 3.76. The van der Waals surface area contributed by atoms with Crippen molar-refractivity contribution in [3.05, 3.63) is 53.0 Å². The lowest BCUT2D eigenvalue weighted by Crippen LogP contribution is -2.11. The highest BCUT2D eigenvalue weighted by atomic mass is 79.9. The summed E-state index contributed by atoms with van der Waals surface area (Å²) in [7, 11) is 0. The molecular formula is C14H12BrN3O. The molecule has 19 heavy (non-hydrogen) atoms. The molecule has 0 fully saturated rings. The van der Waals surface area contributed by atoms with Gasteiger partial charge in [0, 0.05) is 22.4 Å². The molecule has 1 aromatic heterocycles. The number of hydrogen-bond donors (Lipinski definition) is 0. The van der Waals surface area contributed by atoms with E-state index in [0.717, 1.165) is 15.7 Å². The maximum absolute atomic E-state index is 5.14. The number of halogens is 1. The van der Waals surface area contributed by atoms with Crippen LogP contribution in [-0.2, 0) is 11.4 Å². The molecule has 0 aliphatic rings. The summed E-state index contributed by atoms with van der Waals surface area (Å²) in [5.41, 5.74) is 1.77. The number of imidazole rings is 1. The summed E-state index contributed by atoms with van der Waals surface area (Å²) >= 11 is 3.41. The molecule has 0 unspecified atom stereocenters. The first kappa shape index (κ1) is 13.4. The van der Waals surface area contributed by atoms with Gasteiger partial charge in [-0.1, -0.05) is 39.1 Å². The maximum Gasteiger partial charge on any atom is 0.177 e. The molecule has 2 rings (SSSR count). The number of oxime groups is 1. The highest BCUT2D eigenvalue weighted by molar-refractivity contribution is 9.10. The van der Waals surface area contributed by atoms with E-state index >= 15 is 0 Å². The molecule has 0 atom stereocenters. The third-order valence-electron chi connectivity index (χ3n) is 2.39. The third-order valence-corrected chi connectivity index (χ3v) is 2.92. The standard InChI is InChI=1S/C14H12BrN3O/c1-2-9-19-17-14(10-18-8-7-16-11-18)12-3-5-13(15)6-4-12/h1,3-8,11H,9-10H2/b17-14+. The van der Waals surface area contributed by atoms with Gasteiger partial charge in [-0.05, 0) is 12.1 Å². The van der Waals surface area contributed by atoms with Crippen molar-refractivity contribution < 1.29 is 4.84 Å². The van der Waals surface area contributed by atoms with Gasteiger partial charge < -0.3 is 9.40 Å². The van der Waals surface area contributed by atoms with Crippen molar-refractivity contribution in [3.63, 3.8) is 0 Å². The summed E-state index contributed by atoms with van der Waals surface area (Å²) < 4.78 is 2.93. The van der Waals surface area contributed by atoms with E-state index in [1.54, 1.807) is 12.5 Å². The Morgan fingerprint density at radius 3 is 2.84 bits per heavy atom. The molecule has 1 aromatic carbocycles. The van der Waals surface area contributed by atoms with Gasteiger partial charge in [0.15, 0.2) is 6.61 Å². The van der Waals surface area contributed by atoms with Gasteiger partial charge in [-0.2, -0.15) is 0 Å². The Balaban J connectivity index is 2.21. The molecular weight excluding hydrogens is 306 g/mol. The lowest BCUT2D eigenvalue weighted by Gasteiger charge is -2.07. The summed E-state index contributed by atoms with van der Waals surface area (Å²) in [6.45, 7) is 0.732. The average Bonchev–Trinajstić information content (AvgIpc) is 2.92. The van der Waals surface area contributed by atoms with E-state index < -0.39 is 0 Å². The zero-order chi connectivity index (χ0) is 13.5. The first-order valence-electron chi connectivity index (χ1n) is 5.63. The van der Waals surface area contributed by atoms with Gasteiger partial charge in [-0.15, -0.1) is 6.42 Å². The largest absolute Gasteiger partial charge is 0.382 e. The van der Waals surface area contributed by atoms with Crippen molar-refractivity contribution >= 4 is 21.6 Å².